The second-order valence-corrected chi connectivity index (χ2v) is 11.1. The zero-order chi connectivity index (χ0) is 23.4. The van der Waals surface area contributed by atoms with Gasteiger partial charge in [-0.1, -0.05) is 0 Å². The molecule has 2 aliphatic heterocycles. The van der Waals surface area contributed by atoms with Crippen molar-refractivity contribution in [3.05, 3.63) is 36.0 Å². The lowest BCUT2D eigenvalue weighted by molar-refractivity contribution is -0.122. The van der Waals surface area contributed by atoms with E-state index < -0.39 is 22.2 Å². The van der Waals surface area contributed by atoms with E-state index in [1.807, 2.05) is 22.6 Å². The van der Waals surface area contributed by atoms with Crippen LogP contribution in [0.25, 0.3) is 0 Å². The molecule has 1 spiro atoms. The van der Waals surface area contributed by atoms with Gasteiger partial charge in [-0.05, 0) is 62.8 Å². The highest BCUT2D eigenvalue weighted by Crippen LogP contribution is 2.43. The van der Waals surface area contributed by atoms with Gasteiger partial charge in [0, 0.05) is 25.7 Å². The third kappa shape index (κ3) is 4.12. The summed E-state index contributed by atoms with van der Waals surface area (Å²) in [5.41, 5.74) is 0.294. The number of piperidine rings is 1. The van der Waals surface area contributed by atoms with Crippen LogP contribution in [0, 0.1) is 12.8 Å². The molecule has 5 rings (SSSR count). The molecule has 0 N–H and O–H groups in total. The maximum atomic E-state index is 13.1. The summed E-state index contributed by atoms with van der Waals surface area (Å²) in [5.74, 6) is 1.33. The maximum Gasteiger partial charge on any atom is 0.387 e. The molecule has 0 atom stereocenters. The lowest BCUT2D eigenvalue weighted by Gasteiger charge is -2.46. The number of carbonyl (C=O) groups excluding carboxylic acids is 1. The van der Waals surface area contributed by atoms with Crippen molar-refractivity contribution in [2.45, 2.75) is 56.1 Å². The summed E-state index contributed by atoms with van der Waals surface area (Å²) in [7, 11) is -3.80. The second-order valence-electron chi connectivity index (χ2n) is 9.16. The van der Waals surface area contributed by atoms with Gasteiger partial charge in [-0.25, -0.2) is 13.1 Å². The molecule has 2 fully saturated rings. The number of aromatic nitrogens is 2. The monoisotopic (exact) mass is 480 g/mol. The highest BCUT2D eigenvalue weighted by Gasteiger charge is 2.48. The van der Waals surface area contributed by atoms with Crippen LogP contribution in [0.4, 0.5) is 14.6 Å². The maximum absolute atomic E-state index is 13.1. The van der Waals surface area contributed by atoms with E-state index in [1.54, 1.807) is 0 Å². The third-order valence-corrected chi connectivity index (χ3v) is 8.71. The smallest absolute Gasteiger partial charge is 0.387 e. The number of fused-ring (bicyclic) bond motifs is 2. The molecule has 0 radical (unpaired) electrons. The van der Waals surface area contributed by atoms with Crippen LogP contribution in [0.3, 0.4) is 0 Å². The first-order valence-corrected chi connectivity index (χ1v) is 12.5. The number of nitrogens with zero attached hydrogens (tertiary/aromatic N) is 4. The van der Waals surface area contributed by atoms with Crippen LogP contribution in [0.5, 0.6) is 5.75 Å². The number of benzene rings is 1. The molecule has 1 amide bonds. The molecule has 1 aliphatic carbocycles. The molecule has 1 aromatic heterocycles. The zero-order valence-electron chi connectivity index (χ0n) is 18.3. The number of sulfonamides is 1. The van der Waals surface area contributed by atoms with E-state index in [4.69, 9.17) is 5.10 Å². The molecule has 1 saturated carbocycles. The van der Waals surface area contributed by atoms with Gasteiger partial charge >= 0.3 is 6.61 Å². The zero-order valence-corrected chi connectivity index (χ0v) is 19.1. The largest absolute Gasteiger partial charge is 0.435 e. The highest BCUT2D eigenvalue weighted by molar-refractivity contribution is 7.89. The normalized spacial score (nSPS) is 21.0. The molecule has 3 heterocycles. The number of hydrogen-bond donors (Lipinski definition) is 0. The van der Waals surface area contributed by atoms with Crippen LogP contribution in [0.1, 0.15) is 37.8 Å². The molecule has 1 aromatic carbocycles. The molecule has 0 bridgehead atoms. The van der Waals surface area contributed by atoms with Gasteiger partial charge < -0.3 is 4.74 Å². The first-order chi connectivity index (χ1) is 15.7. The van der Waals surface area contributed by atoms with Gasteiger partial charge in [-0.15, -0.1) is 0 Å². The minimum atomic E-state index is -3.80. The SMILES string of the molecule is Cc1cc2n(n1)C1(CCN(S(=O)(=O)c3ccc(OC(F)F)cc3)CC1)CC(=O)N2CC1CC1. The minimum absolute atomic E-state index is 0.0195. The number of carbonyl (C=O) groups is 1. The minimum Gasteiger partial charge on any atom is -0.435 e. The Morgan fingerprint density at radius 3 is 2.45 bits per heavy atom. The van der Waals surface area contributed by atoms with E-state index in [0.29, 0.717) is 31.7 Å². The van der Waals surface area contributed by atoms with Crippen LogP contribution in [0.2, 0.25) is 0 Å². The van der Waals surface area contributed by atoms with E-state index in [0.717, 1.165) is 24.4 Å². The molecule has 8 nitrogen and oxygen atoms in total. The Balaban J connectivity index is 1.35. The summed E-state index contributed by atoms with van der Waals surface area (Å²) in [5, 5.41) is 4.70. The molecule has 3 aliphatic rings. The van der Waals surface area contributed by atoms with Crippen molar-refractivity contribution < 1.29 is 26.7 Å². The Labute approximate surface area is 191 Å². The summed E-state index contributed by atoms with van der Waals surface area (Å²) in [4.78, 5) is 15.0. The number of rotatable bonds is 6. The standard InChI is InChI=1S/C22H26F2N4O4S/c1-15-12-19-27(14-16-2-3-16)20(29)13-22(28(19)25-15)8-10-26(11-9-22)33(30,31)18-6-4-17(5-7-18)32-21(23)24/h4-7,12,16,21H,2-3,8-11,13-14H2,1H3. The number of aryl methyl sites for hydroxylation is 1. The molecule has 2 aromatic rings. The van der Waals surface area contributed by atoms with Crippen molar-refractivity contribution in [2.75, 3.05) is 24.5 Å². The number of amides is 1. The van der Waals surface area contributed by atoms with Crippen molar-refractivity contribution in [1.82, 2.24) is 14.1 Å². The van der Waals surface area contributed by atoms with Gasteiger partial charge in [0.15, 0.2) is 0 Å². The third-order valence-electron chi connectivity index (χ3n) is 6.80. The Morgan fingerprint density at radius 2 is 1.85 bits per heavy atom. The van der Waals surface area contributed by atoms with Gasteiger partial charge in [0.1, 0.15) is 11.6 Å². The Morgan fingerprint density at radius 1 is 1.18 bits per heavy atom. The van der Waals surface area contributed by atoms with E-state index in [1.165, 1.54) is 28.6 Å². The van der Waals surface area contributed by atoms with E-state index in [2.05, 4.69) is 4.74 Å². The number of hydrogen-bond acceptors (Lipinski definition) is 5. The molecule has 11 heteroatoms. The predicted octanol–water partition coefficient (Wildman–Crippen LogP) is 3.12. The lowest BCUT2D eigenvalue weighted by atomic mass is 9.83. The predicted molar refractivity (Wildman–Crippen MR) is 116 cm³/mol. The van der Waals surface area contributed by atoms with E-state index in [9.17, 15) is 22.0 Å². The lowest BCUT2D eigenvalue weighted by Crippen LogP contribution is -2.55. The second kappa shape index (κ2) is 8.05. The Bertz CT molecular complexity index is 1150. The number of halogens is 2. The van der Waals surface area contributed by atoms with Gasteiger partial charge in [0.25, 0.3) is 0 Å². The number of alkyl halides is 2. The van der Waals surface area contributed by atoms with E-state index in [-0.39, 0.29) is 29.6 Å². The van der Waals surface area contributed by atoms with Crippen molar-refractivity contribution in [3.8, 4) is 5.75 Å². The highest BCUT2D eigenvalue weighted by atomic mass is 32.2. The van der Waals surface area contributed by atoms with Gasteiger partial charge in [-0.3, -0.25) is 9.69 Å². The molecule has 178 valence electrons. The summed E-state index contributed by atoms with van der Waals surface area (Å²) < 4.78 is 58.6. The van der Waals surface area contributed by atoms with Crippen molar-refractivity contribution in [1.29, 1.82) is 0 Å². The molecule has 0 unspecified atom stereocenters. The van der Waals surface area contributed by atoms with Crippen molar-refractivity contribution in [3.63, 3.8) is 0 Å². The topological polar surface area (TPSA) is 84.7 Å². The van der Waals surface area contributed by atoms with Crippen LogP contribution in [-0.2, 0) is 20.4 Å². The molecule has 1 saturated heterocycles. The number of anilines is 1. The molecular weight excluding hydrogens is 454 g/mol. The molecular formula is C22H26F2N4O4S. The first-order valence-electron chi connectivity index (χ1n) is 11.1. The quantitative estimate of drug-likeness (QED) is 0.634. The number of ether oxygens (including phenoxy) is 1. The first kappa shape index (κ1) is 22.3. The van der Waals surface area contributed by atoms with Gasteiger partial charge in [0.2, 0.25) is 15.9 Å². The molecule has 33 heavy (non-hydrogen) atoms. The average molecular weight is 481 g/mol. The fraction of sp³-hybridized carbons (Fsp3) is 0.545. The van der Waals surface area contributed by atoms with Crippen LogP contribution < -0.4 is 9.64 Å². The van der Waals surface area contributed by atoms with Crippen LogP contribution >= 0.6 is 0 Å². The van der Waals surface area contributed by atoms with Gasteiger partial charge in [-0.2, -0.15) is 18.2 Å². The summed E-state index contributed by atoms with van der Waals surface area (Å²) in [6, 6.07) is 6.92. The fourth-order valence-corrected chi connectivity index (χ4v) is 6.28. The summed E-state index contributed by atoms with van der Waals surface area (Å²) >= 11 is 0. The summed E-state index contributed by atoms with van der Waals surface area (Å²) in [6.45, 7) is 0.128. The van der Waals surface area contributed by atoms with Gasteiger partial charge in [0.05, 0.1) is 22.5 Å². The van der Waals surface area contributed by atoms with E-state index >= 15 is 0 Å². The summed E-state index contributed by atoms with van der Waals surface area (Å²) in [6.07, 6.45) is 3.53. The fourth-order valence-electron chi connectivity index (χ4n) is 4.83. The Kier molecular flexibility index (Phi) is 5.43. The Hall–Kier alpha value is -2.53. The van der Waals surface area contributed by atoms with Crippen molar-refractivity contribution in [2.24, 2.45) is 5.92 Å². The van der Waals surface area contributed by atoms with Crippen LogP contribution in [-0.4, -0.2) is 54.7 Å². The van der Waals surface area contributed by atoms with Crippen molar-refractivity contribution >= 4 is 21.7 Å². The average Bonchev–Trinajstić information content (AvgIpc) is 3.50. The van der Waals surface area contributed by atoms with Crippen LogP contribution in [0.15, 0.2) is 35.2 Å².